The van der Waals surface area contributed by atoms with E-state index in [4.69, 9.17) is 5.11 Å². The van der Waals surface area contributed by atoms with Crippen LogP contribution in [-0.2, 0) is 10.0 Å². The van der Waals surface area contributed by atoms with Gasteiger partial charge in [0.1, 0.15) is 0 Å². The van der Waals surface area contributed by atoms with Crippen LogP contribution in [0.1, 0.15) is 38.5 Å². The summed E-state index contributed by atoms with van der Waals surface area (Å²) in [5.41, 5.74) is 0. The van der Waals surface area contributed by atoms with E-state index in [-0.39, 0.29) is 12.4 Å². The summed E-state index contributed by atoms with van der Waals surface area (Å²) < 4.78 is 26.1. The zero-order chi connectivity index (χ0) is 12.3. The lowest BCUT2D eigenvalue weighted by Crippen LogP contribution is -2.33. The molecule has 0 radical (unpaired) electrons. The molecule has 4 nitrogen and oxygen atoms in total. The van der Waals surface area contributed by atoms with Gasteiger partial charge in [-0.1, -0.05) is 6.42 Å². The number of hydrogen-bond acceptors (Lipinski definition) is 3. The topological polar surface area (TPSA) is 66.4 Å². The quantitative estimate of drug-likeness (QED) is 0.675. The Morgan fingerprint density at radius 2 is 2.00 bits per heavy atom. The molecule has 0 spiro atoms. The fourth-order valence-electron chi connectivity index (χ4n) is 3.34. The van der Waals surface area contributed by atoms with Gasteiger partial charge in [0.2, 0.25) is 10.0 Å². The molecular formula is C12H23NO3S. The second-order valence-corrected chi connectivity index (χ2v) is 7.46. The zero-order valence-corrected chi connectivity index (χ0v) is 11.1. The van der Waals surface area contributed by atoms with Crippen molar-refractivity contribution >= 4 is 10.0 Å². The second kappa shape index (κ2) is 5.67. The van der Waals surface area contributed by atoms with Crippen LogP contribution in [0, 0.1) is 17.8 Å². The van der Waals surface area contributed by atoms with Crippen molar-refractivity contribution in [1.82, 2.24) is 4.72 Å². The van der Waals surface area contributed by atoms with Crippen LogP contribution in [0.15, 0.2) is 0 Å². The van der Waals surface area contributed by atoms with E-state index in [0.717, 1.165) is 11.8 Å². The molecule has 3 atom stereocenters. The van der Waals surface area contributed by atoms with E-state index >= 15 is 0 Å². The van der Waals surface area contributed by atoms with Crippen molar-refractivity contribution in [2.45, 2.75) is 38.5 Å². The largest absolute Gasteiger partial charge is 0.396 e. The van der Waals surface area contributed by atoms with Gasteiger partial charge >= 0.3 is 0 Å². The Hall–Kier alpha value is -0.130. The number of sulfonamides is 1. The van der Waals surface area contributed by atoms with Gasteiger partial charge in [-0.15, -0.1) is 0 Å². The summed E-state index contributed by atoms with van der Waals surface area (Å²) in [6, 6.07) is 0. The Labute approximate surface area is 104 Å². The average Bonchev–Trinajstić information content (AvgIpc) is 2.88. The van der Waals surface area contributed by atoms with Gasteiger partial charge in [0, 0.05) is 13.2 Å². The summed E-state index contributed by atoms with van der Waals surface area (Å²) in [5, 5.41) is 8.62. The fourth-order valence-corrected chi connectivity index (χ4v) is 4.53. The first-order valence-electron chi connectivity index (χ1n) is 6.69. The SMILES string of the molecule is O=S(=O)(CCCCO)NCC1CC2CCC1C2. The molecule has 2 saturated carbocycles. The summed E-state index contributed by atoms with van der Waals surface area (Å²) >= 11 is 0. The van der Waals surface area contributed by atoms with Gasteiger partial charge in [0.05, 0.1) is 5.75 Å². The summed E-state index contributed by atoms with van der Waals surface area (Å²) in [5.74, 6) is 2.35. The molecule has 0 aromatic carbocycles. The molecule has 17 heavy (non-hydrogen) atoms. The van der Waals surface area contributed by atoms with Gasteiger partial charge in [-0.3, -0.25) is 0 Å². The Kier molecular flexibility index (Phi) is 4.44. The first-order valence-corrected chi connectivity index (χ1v) is 8.34. The lowest BCUT2D eigenvalue weighted by atomic mass is 9.89. The molecule has 0 heterocycles. The van der Waals surface area contributed by atoms with Crippen molar-refractivity contribution in [3.63, 3.8) is 0 Å². The molecule has 5 heteroatoms. The van der Waals surface area contributed by atoms with Crippen LogP contribution in [0.2, 0.25) is 0 Å². The summed E-state index contributed by atoms with van der Waals surface area (Å²) in [7, 11) is -3.12. The Balaban J connectivity index is 1.70. The van der Waals surface area contributed by atoms with Crippen LogP contribution in [0.5, 0.6) is 0 Å². The maximum Gasteiger partial charge on any atom is 0.211 e. The van der Waals surface area contributed by atoms with Gasteiger partial charge in [0.15, 0.2) is 0 Å². The molecule has 2 rings (SSSR count). The monoisotopic (exact) mass is 261 g/mol. The van der Waals surface area contributed by atoms with Crippen LogP contribution in [0.4, 0.5) is 0 Å². The Bertz CT molecular complexity index is 342. The number of aliphatic hydroxyl groups is 1. The highest BCUT2D eigenvalue weighted by Gasteiger charge is 2.39. The molecule has 0 aromatic heterocycles. The van der Waals surface area contributed by atoms with Gasteiger partial charge < -0.3 is 5.11 Å². The molecule has 3 unspecified atom stereocenters. The minimum absolute atomic E-state index is 0.0713. The number of unbranched alkanes of at least 4 members (excludes halogenated alkanes) is 1. The van der Waals surface area contributed by atoms with Crippen LogP contribution < -0.4 is 4.72 Å². The number of hydrogen-bond donors (Lipinski definition) is 2. The molecule has 0 aromatic rings. The maximum absolute atomic E-state index is 11.7. The third kappa shape index (κ3) is 3.66. The van der Waals surface area contributed by atoms with E-state index in [9.17, 15) is 8.42 Å². The Morgan fingerprint density at radius 1 is 1.18 bits per heavy atom. The van der Waals surface area contributed by atoms with Crippen molar-refractivity contribution in [1.29, 1.82) is 0 Å². The van der Waals surface area contributed by atoms with E-state index in [1.165, 1.54) is 25.7 Å². The minimum atomic E-state index is -3.12. The molecule has 100 valence electrons. The van der Waals surface area contributed by atoms with Crippen molar-refractivity contribution in [3.8, 4) is 0 Å². The highest BCUT2D eigenvalue weighted by molar-refractivity contribution is 7.89. The molecule has 2 bridgehead atoms. The van der Waals surface area contributed by atoms with Gasteiger partial charge in [-0.2, -0.15) is 0 Å². The summed E-state index contributed by atoms with van der Waals surface area (Å²) in [6.45, 7) is 0.699. The first kappa shape index (κ1) is 13.3. The molecule has 2 aliphatic rings. The first-order chi connectivity index (χ1) is 8.11. The van der Waals surface area contributed by atoms with E-state index in [1.807, 2.05) is 0 Å². The number of aliphatic hydroxyl groups excluding tert-OH is 1. The third-order valence-electron chi connectivity index (χ3n) is 4.27. The predicted octanol–water partition coefficient (Wildman–Crippen LogP) is 1.11. The minimum Gasteiger partial charge on any atom is -0.396 e. The molecule has 0 saturated heterocycles. The highest BCUT2D eigenvalue weighted by Crippen LogP contribution is 2.47. The van der Waals surface area contributed by atoms with Crippen molar-refractivity contribution in [2.24, 2.45) is 17.8 Å². The second-order valence-electron chi connectivity index (χ2n) is 5.53. The summed E-state index contributed by atoms with van der Waals surface area (Å²) in [6.07, 6.45) is 6.28. The van der Waals surface area contributed by atoms with Crippen molar-refractivity contribution in [3.05, 3.63) is 0 Å². The van der Waals surface area contributed by atoms with E-state index < -0.39 is 10.0 Å². The summed E-state index contributed by atoms with van der Waals surface area (Å²) in [4.78, 5) is 0. The smallest absolute Gasteiger partial charge is 0.211 e. The highest BCUT2D eigenvalue weighted by atomic mass is 32.2. The number of rotatable bonds is 7. The van der Waals surface area contributed by atoms with Crippen LogP contribution >= 0.6 is 0 Å². The average molecular weight is 261 g/mol. The third-order valence-corrected chi connectivity index (χ3v) is 5.70. The normalized spacial score (nSPS) is 32.2. The molecule has 0 aliphatic heterocycles. The van der Waals surface area contributed by atoms with E-state index in [1.54, 1.807) is 0 Å². The standard InChI is InChI=1S/C12H23NO3S/c14-5-1-2-6-17(15,16)13-9-12-8-10-3-4-11(12)7-10/h10-14H,1-9H2. The molecular weight excluding hydrogens is 238 g/mol. The van der Waals surface area contributed by atoms with Crippen molar-refractivity contribution in [2.75, 3.05) is 18.9 Å². The predicted molar refractivity (Wildman–Crippen MR) is 67.0 cm³/mol. The fraction of sp³-hybridized carbons (Fsp3) is 1.00. The van der Waals surface area contributed by atoms with Gasteiger partial charge in [-0.25, -0.2) is 13.1 Å². The Morgan fingerprint density at radius 3 is 2.59 bits per heavy atom. The van der Waals surface area contributed by atoms with Gasteiger partial charge in [0.25, 0.3) is 0 Å². The number of nitrogens with one attached hydrogen (secondary N) is 1. The molecule has 2 fully saturated rings. The van der Waals surface area contributed by atoms with Crippen LogP contribution in [0.25, 0.3) is 0 Å². The molecule has 2 aliphatic carbocycles. The van der Waals surface area contributed by atoms with Crippen LogP contribution in [0.3, 0.4) is 0 Å². The van der Waals surface area contributed by atoms with Crippen LogP contribution in [-0.4, -0.2) is 32.4 Å². The zero-order valence-electron chi connectivity index (χ0n) is 10.3. The van der Waals surface area contributed by atoms with Gasteiger partial charge in [-0.05, 0) is 49.9 Å². The maximum atomic E-state index is 11.7. The van der Waals surface area contributed by atoms with E-state index in [0.29, 0.717) is 25.3 Å². The number of fused-ring (bicyclic) bond motifs is 2. The lowest BCUT2D eigenvalue weighted by Gasteiger charge is -2.21. The lowest BCUT2D eigenvalue weighted by molar-refractivity contribution is 0.287. The van der Waals surface area contributed by atoms with E-state index in [2.05, 4.69) is 4.72 Å². The molecule has 2 N–H and O–H groups in total. The molecule has 0 amide bonds. The van der Waals surface area contributed by atoms with Crippen molar-refractivity contribution < 1.29 is 13.5 Å².